The summed E-state index contributed by atoms with van der Waals surface area (Å²) in [4.78, 5) is 28.8. The molecule has 2 atom stereocenters. The molecule has 1 aliphatic heterocycles. The van der Waals surface area contributed by atoms with Crippen LogP contribution in [-0.4, -0.2) is 53.3 Å². The fraction of sp³-hybridized carbons (Fsp3) is 0.600. The molecular weight excluding hydrogens is 407 g/mol. The third-order valence-electron chi connectivity index (χ3n) is 5.89. The average molecular weight is 434 g/mol. The van der Waals surface area contributed by atoms with Crippen molar-refractivity contribution in [2.75, 3.05) is 26.2 Å². The summed E-state index contributed by atoms with van der Waals surface area (Å²) < 4.78 is 38.0. The van der Waals surface area contributed by atoms with Crippen molar-refractivity contribution in [3.05, 3.63) is 35.4 Å². The second-order valence-electron chi connectivity index (χ2n) is 8.00. The molecule has 0 spiro atoms. The second kappa shape index (κ2) is 8.92. The number of alkyl halides is 3. The van der Waals surface area contributed by atoms with E-state index in [0.717, 1.165) is 37.8 Å². The number of amides is 2. The van der Waals surface area contributed by atoms with Crippen LogP contribution in [0.1, 0.15) is 48.5 Å². The minimum atomic E-state index is -4.43. The Hall–Kier alpha value is -1.80. The third kappa shape index (κ3) is 5.22. The molecule has 0 bridgehead atoms. The first-order valence-electron chi connectivity index (χ1n) is 9.64. The van der Waals surface area contributed by atoms with Crippen LogP contribution < -0.4 is 5.73 Å². The van der Waals surface area contributed by atoms with E-state index < -0.39 is 17.3 Å². The zero-order valence-electron chi connectivity index (χ0n) is 16.4. The zero-order chi connectivity index (χ0) is 20.5. The summed E-state index contributed by atoms with van der Waals surface area (Å²) in [6.45, 7) is 3.48. The Kier molecular flexibility index (Phi) is 7.22. The summed E-state index contributed by atoms with van der Waals surface area (Å²) in [6, 6.07) is 4.23. The molecule has 1 aliphatic carbocycles. The molecule has 2 fully saturated rings. The van der Waals surface area contributed by atoms with Gasteiger partial charge < -0.3 is 15.5 Å². The van der Waals surface area contributed by atoms with E-state index in [2.05, 4.69) is 0 Å². The highest BCUT2D eigenvalue weighted by atomic mass is 35.5. The van der Waals surface area contributed by atoms with Crippen LogP contribution in [-0.2, 0) is 11.0 Å². The Morgan fingerprint density at radius 2 is 1.59 bits per heavy atom. The van der Waals surface area contributed by atoms with E-state index in [4.69, 9.17) is 5.73 Å². The molecule has 5 nitrogen and oxygen atoms in total. The van der Waals surface area contributed by atoms with Crippen LogP contribution in [0.15, 0.2) is 24.3 Å². The lowest BCUT2D eigenvalue weighted by Gasteiger charge is -2.42. The summed E-state index contributed by atoms with van der Waals surface area (Å²) in [5.41, 5.74) is 5.27. The Morgan fingerprint density at radius 3 is 2.10 bits per heavy atom. The van der Waals surface area contributed by atoms with Crippen molar-refractivity contribution < 1.29 is 22.8 Å². The van der Waals surface area contributed by atoms with Crippen molar-refractivity contribution in [3.8, 4) is 0 Å². The predicted octanol–water partition coefficient (Wildman–Crippen LogP) is 3.32. The SMILES string of the molecule is CC1(N)CCCCC1C(=O)N1CCN(C(=O)c2ccc(C(F)(F)F)cc2)CC1.Cl. The van der Waals surface area contributed by atoms with Gasteiger partial charge in [0.05, 0.1) is 11.5 Å². The van der Waals surface area contributed by atoms with E-state index in [0.29, 0.717) is 26.2 Å². The molecule has 1 heterocycles. The molecule has 2 aliphatic rings. The standard InChI is InChI=1S/C20H26F3N3O2.ClH/c1-19(24)9-3-2-4-16(19)18(28)26-12-10-25(11-13-26)17(27)14-5-7-15(8-6-14)20(21,22)23;/h5-8,16H,2-4,9-13,24H2,1H3;1H. The van der Waals surface area contributed by atoms with E-state index >= 15 is 0 Å². The fourth-order valence-corrected chi connectivity index (χ4v) is 4.10. The molecule has 2 N–H and O–H groups in total. The second-order valence-corrected chi connectivity index (χ2v) is 8.00. The maximum Gasteiger partial charge on any atom is 0.416 e. The number of nitrogens with two attached hydrogens (primary N) is 1. The number of nitrogens with zero attached hydrogens (tertiary/aromatic N) is 2. The van der Waals surface area contributed by atoms with Gasteiger partial charge in [0.2, 0.25) is 5.91 Å². The first-order chi connectivity index (χ1) is 13.1. The van der Waals surface area contributed by atoms with Crippen LogP contribution in [0.25, 0.3) is 0 Å². The van der Waals surface area contributed by atoms with Crippen LogP contribution in [0.5, 0.6) is 0 Å². The lowest BCUT2D eigenvalue weighted by Crippen LogP contribution is -2.57. The fourth-order valence-electron chi connectivity index (χ4n) is 4.10. The van der Waals surface area contributed by atoms with E-state index in [9.17, 15) is 22.8 Å². The van der Waals surface area contributed by atoms with Crippen LogP contribution in [0.3, 0.4) is 0 Å². The summed E-state index contributed by atoms with van der Waals surface area (Å²) in [6.07, 6.45) is -0.780. The molecule has 0 aromatic heterocycles. The molecule has 2 amide bonds. The molecular formula is C20H27ClF3N3O2. The van der Waals surface area contributed by atoms with Gasteiger partial charge in [-0.1, -0.05) is 12.8 Å². The molecule has 29 heavy (non-hydrogen) atoms. The van der Waals surface area contributed by atoms with Gasteiger partial charge in [-0.3, -0.25) is 9.59 Å². The minimum absolute atomic E-state index is 0. The number of carbonyl (C=O) groups is 2. The monoisotopic (exact) mass is 433 g/mol. The van der Waals surface area contributed by atoms with Crippen LogP contribution in [0, 0.1) is 5.92 Å². The molecule has 1 saturated carbocycles. The van der Waals surface area contributed by atoms with Crippen LogP contribution in [0.2, 0.25) is 0 Å². The van der Waals surface area contributed by atoms with Gasteiger partial charge >= 0.3 is 6.18 Å². The highest BCUT2D eigenvalue weighted by Gasteiger charge is 2.40. The molecule has 0 radical (unpaired) electrons. The quantitative estimate of drug-likeness (QED) is 0.778. The zero-order valence-corrected chi connectivity index (χ0v) is 17.2. The Bertz CT molecular complexity index is 729. The third-order valence-corrected chi connectivity index (χ3v) is 5.89. The number of benzene rings is 1. The van der Waals surface area contributed by atoms with Crippen LogP contribution in [0.4, 0.5) is 13.2 Å². The first-order valence-corrected chi connectivity index (χ1v) is 9.64. The van der Waals surface area contributed by atoms with E-state index in [1.807, 2.05) is 6.92 Å². The maximum absolute atomic E-state index is 12.9. The van der Waals surface area contributed by atoms with Gasteiger partial charge in [-0.15, -0.1) is 12.4 Å². The summed E-state index contributed by atoms with van der Waals surface area (Å²) in [5, 5.41) is 0. The van der Waals surface area contributed by atoms with Gasteiger partial charge in [0, 0.05) is 37.3 Å². The summed E-state index contributed by atoms with van der Waals surface area (Å²) in [5.74, 6) is -0.466. The lowest BCUT2D eigenvalue weighted by atomic mass is 9.74. The minimum Gasteiger partial charge on any atom is -0.339 e. The van der Waals surface area contributed by atoms with Crippen molar-refractivity contribution in [2.24, 2.45) is 11.7 Å². The number of hydrogen-bond donors (Lipinski definition) is 1. The average Bonchev–Trinajstić information content (AvgIpc) is 2.66. The van der Waals surface area contributed by atoms with Crippen molar-refractivity contribution in [1.82, 2.24) is 9.80 Å². The Labute approximate surface area is 174 Å². The molecule has 3 rings (SSSR count). The molecule has 1 aromatic rings. The lowest BCUT2D eigenvalue weighted by molar-refractivity contribution is -0.140. The van der Waals surface area contributed by atoms with Crippen molar-refractivity contribution in [2.45, 2.75) is 44.3 Å². The van der Waals surface area contributed by atoms with Crippen molar-refractivity contribution >= 4 is 24.2 Å². The molecule has 1 aromatic carbocycles. The molecule has 2 unspecified atom stereocenters. The van der Waals surface area contributed by atoms with E-state index in [1.165, 1.54) is 12.1 Å². The van der Waals surface area contributed by atoms with Gasteiger partial charge in [-0.05, 0) is 44.0 Å². The number of hydrogen-bond acceptors (Lipinski definition) is 3. The van der Waals surface area contributed by atoms with Gasteiger partial charge in [0.25, 0.3) is 5.91 Å². The Morgan fingerprint density at radius 1 is 1.03 bits per heavy atom. The van der Waals surface area contributed by atoms with Gasteiger partial charge in [-0.2, -0.15) is 13.2 Å². The highest BCUT2D eigenvalue weighted by Crippen LogP contribution is 2.33. The normalized spacial score (nSPS) is 25.3. The number of halogens is 4. The van der Waals surface area contributed by atoms with Crippen molar-refractivity contribution in [3.63, 3.8) is 0 Å². The topological polar surface area (TPSA) is 66.6 Å². The van der Waals surface area contributed by atoms with Gasteiger partial charge in [0.1, 0.15) is 0 Å². The predicted molar refractivity (Wildman–Crippen MR) is 106 cm³/mol. The van der Waals surface area contributed by atoms with E-state index in [-0.39, 0.29) is 35.7 Å². The molecule has 162 valence electrons. The number of carbonyl (C=O) groups excluding carboxylic acids is 2. The summed E-state index contributed by atoms with van der Waals surface area (Å²) >= 11 is 0. The first kappa shape index (κ1) is 23.5. The number of piperazine rings is 1. The van der Waals surface area contributed by atoms with Gasteiger partial charge in [-0.25, -0.2) is 0 Å². The van der Waals surface area contributed by atoms with E-state index in [1.54, 1.807) is 9.80 Å². The molecule has 1 saturated heterocycles. The Balaban J connectivity index is 0.00000300. The van der Waals surface area contributed by atoms with Crippen molar-refractivity contribution in [1.29, 1.82) is 0 Å². The maximum atomic E-state index is 12.9. The smallest absolute Gasteiger partial charge is 0.339 e. The van der Waals surface area contributed by atoms with Gasteiger partial charge in [0.15, 0.2) is 0 Å². The largest absolute Gasteiger partial charge is 0.416 e. The summed E-state index contributed by atoms with van der Waals surface area (Å²) in [7, 11) is 0. The highest BCUT2D eigenvalue weighted by molar-refractivity contribution is 5.94. The van der Waals surface area contributed by atoms with Crippen LogP contribution >= 0.6 is 12.4 Å². The number of rotatable bonds is 2. The molecule has 9 heteroatoms.